The Morgan fingerprint density at radius 1 is 1.44 bits per heavy atom. The lowest BCUT2D eigenvalue weighted by atomic mass is 9.89. The molecule has 4 heteroatoms. The first-order valence-electron chi connectivity index (χ1n) is 5.91. The number of unbranched alkanes of at least 4 members (excludes halogenated alkanes) is 1. The van der Waals surface area contributed by atoms with Crippen molar-refractivity contribution in [2.24, 2.45) is 11.1 Å². The van der Waals surface area contributed by atoms with Crippen molar-refractivity contribution >= 4 is 10.8 Å². The van der Waals surface area contributed by atoms with Gasteiger partial charge in [0.15, 0.2) is 0 Å². The molecule has 0 aromatic rings. The third-order valence-electron chi connectivity index (χ3n) is 2.72. The molecule has 0 bridgehead atoms. The average Bonchev–Trinajstić information content (AvgIpc) is 2.24. The van der Waals surface area contributed by atoms with Gasteiger partial charge < -0.3 is 5.73 Å². The van der Waals surface area contributed by atoms with E-state index in [0.29, 0.717) is 6.54 Å². The van der Waals surface area contributed by atoms with E-state index in [-0.39, 0.29) is 10.7 Å². The largest absolute Gasteiger partial charge is 0.330 e. The first kappa shape index (κ1) is 15.6. The van der Waals surface area contributed by atoms with Crippen molar-refractivity contribution in [1.29, 1.82) is 5.26 Å². The SMILES string of the molecule is CC(CCN)S(=O)CCCCC(C)(C)C#N. The number of nitriles is 1. The molecule has 0 saturated heterocycles. The fourth-order valence-electron chi connectivity index (χ4n) is 1.43. The van der Waals surface area contributed by atoms with Gasteiger partial charge in [-0.25, -0.2) is 0 Å². The normalized spacial score (nSPS) is 15.4. The van der Waals surface area contributed by atoms with Gasteiger partial charge >= 0.3 is 0 Å². The molecule has 2 N–H and O–H groups in total. The molecule has 3 nitrogen and oxygen atoms in total. The number of nitrogens with zero attached hydrogens (tertiary/aromatic N) is 1. The van der Waals surface area contributed by atoms with Crippen LogP contribution in [0, 0.1) is 16.7 Å². The second-order valence-electron chi connectivity index (χ2n) is 4.93. The lowest BCUT2D eigenvalue weighted by molar-refractivity contribution is 0.432. The van der Waals surface area contributed by atoms with Gasteiger partial charge in [0, 0.05) is 21.8 Å². The number of hydrogen-bond acceptors (Lipinski definition) is 3. The molecule has 2 unspecified atom stereocenters. The molecule has 0 saturated carbocycles. The monoisotopic (exact) mass is 244 g/mol. The van der Waals surface area contributed by atoms with Crippen molar-refractivity contribution in [3.63, 3.8) is 0 Å². The van der Waals surface area contributed by atoms with Crippen molar-refractivity contribution in [1.82, 2.24) is 0 Å². The second kappa shape index (κ2) is 7.81. The predicted octanol–water partition coefficient (Wildman–Crippen LogP) is 2.19. The fraction of sp³-hybridized carbons (Fsp3) is 0.917. The summed E-state index contributed by atoms with van der Waals surface area (Å²) in [7, 11) is -0.758. The van der Waals surface area contributed by atoms with E-state index < -0.39 is 10.8 Å². The van der Waals surface area contributed by atoms with E-state index in [0.717, 1.165) is 31.4 Å². The van der Waals surface area contributed by atoms with Crippen LogP contribution in [0.4, 0.5) is 0 Å². The fourth-order valence-corrected chi connectivity index (χ4v) is 2.72. The Hall–Kier alpha value is -0.400. The van der Waals surface area contributed by atoms with Crippen molar-refractivity contribution in [3.8, 4) is 6.07 Å². The minimum Gasteiger partial charge on any atom is -0.330 e. The molecule has 0 aliphatic heterocycles. The summed E-state index contributed by atoms with van der Waals surface area (Å²) in [5, 5.41) is 9.04. The highest BCUT2D eigenvalue weighted by Crippen LogP contribution is 2.21. The molecule has 0 heterocycles. The van der Waals surface area contributed by atoms with Gasteiger partial charge in [0.1, 0.15) is 0 Å². The van der Waals surface area contributed by atoms with E-state index in [1.165, 1.54) is 0 Å². The Bertz CT molecular complexity index is 258. The molecule has 0 rings (SSSR count). The van der Waals surface area contributed by atoms with E-state index >= 15 is 0 Å². The van der Waals surface area contributed by atoms with Crippen LogP contribution in [0.25, 0.3) is 0 Å². The zero-order chi connectivity index (χ0) is 12.6. The zero-order valence-electron chi connectivity index (χ0n) is 10.7. The molecule has 0 amide bonds. The van der Waals surface area contributed by atoms with Crippen LogP contribution in [0.15, 0.2) is 0 Å². The number of rotatable bonds is 8. The second-order valence-corrected chi connectivity index (χ2v) is 6.90. The molecular weight excluding hydrogens is 220 g/mol. The van der Waals surface area contributed by atoms with Crippen molar-refractivity contribution in [3.05, 3.63) is 0 Å². The molecule has 0 aliphatic rings. The average molecular weight is 244 g/mol. The molecule has 0 aromatic carbocycles. The molecule has 16 heavy (non-hydrogen) atoms. The summed E-state index contributed by atoms with van der Waals surface area (Å²) in [6.07, 6.45) is 3.62. The first-order valence-corrected chi connectivity index (χ1v) is 7.29. The van der Waals surface area contributed by atoms with Gasteiger partial charge in [-0.3, -0.25) is 4.21 Å². The molecule has 0 aliphatic carbocycles. The summed E-state index contributed by atoms with van der Waals surface area (Å²) in [6.45, 7) is 6.48. The van der Waals surface area contributed by atoms with Gasteiger partial charge in [0.2, 0.25) is 0 Å². The predicted molar refractivity (Wildman–Crippen MR) is 69.4 cm³/mol. The smallest absolute Gasteiger partial charge is 0.0683 e. The van der Waals surface area contributed by atoms with E-state index in [4.69, 9.17) is 11.0 Å². The third kappa shape index (κ3) is 6.97. The standard InChI is InChI=1S/C12H24N2OS/c1-11(6-8-13)16(15)9-5-4-7-12(2,3)10-14/h11H,4-9,13H2,1-3H3. The van der Waals surface area contributed by atoms with Crippen LogP contribution in [-0.2, 0) is 10.8 Å². The van der Waals surface area contributed by atoms with Gasteiger partial charge in [-0.05, 0) is 39.7 Å². The first-order chi connectivity index (χ1) is 7.43. The van der Waals surface area contributed by atoms with Crippen LogP contribution < -0.4 is 5.73 Å². The quantitative estimate of drug-likeness (QED) is 0.666. The van der Waals surface area contributed by atoms with Crippen LogP contribution in [0.3, 0.4) is 0 Å². The minimum atomic E-state index is -0.758. The van der Waals surface area contributed by atoms with Crippen LogP contribution in [0.5, 0.6) is 0 Å². The van der Waals surface area contributed by atoms with Crippen molar-refractivity contribution in [2.45, 2.75) is 51.7 Å². The molecule has 0 fully saturated rings. The Morgan fingerprint density at radius 2 is 2.06 bits per heavy atom. The molecule has 0 aromatic heterocycles. The molecule has 94 valence electrons. The van der Waals surface area contributed by atoms with Crippen LogP contribution in [-0.4, -0.2) is 21.8 Å². The molecule has 2 atom stereocenters. The van der Waals surface area contributed by atoms with Crippen molar-refractivity contribution < 1.29 is 4.21 Å². The summed E-state index contributed by atoms with van der Waals surface area (Å²) in [5.74, 6) is 0.739. The Labute approximate surface area is 102 Å². The molecule has 0 radical (unpaired) electrons. The van der Waals surface area contributed by atoms with Crippen molar-refractivity contribution in [2.75, 3.05) is 12.3 Å². The lowest BCUT2D eigenvalue weighted by Crippen LogP contribution is -2.18. The highest BCUT2D eigenvalue weighted by atomic mass is 32.2. The zero-order valence-corrected chi connectivity index (χ0v) is 11.5. The van der Waals surface area contributed by atoms with Crippen LogP contribution >= 0.6 is 0 Å². The third-order valence-corrected chi connectivity index (χ3v) is 4.55. The summed E-state index contributed by atoms with van der Waals surface area (Å²) in [4.78, 5) is 0. The highest BCUT2D eigenvalue weighted by Gasteiger charge is 2.16. The maximum atomic E-state index is 11.7. The van der Waals surface area contributed by atoms with Gasteiger partial charge in [-0.2, -0.15) is 5.26 Å². The number of hydrogen-bond donors (Lipinski definition) is 1. The van der Waals surface area contributed by atoms with E-state index in [2.05, 4.69) is 6.07 Å². The van der Waals surface area contributed by atoms with Crippen LogP contribution in [0.1, 0.15) is 46.5 Å². The molecule has 0 spiro atoms. The summed E-state index contributed by atoms with van der Waals surface area (Å²) < 4.78 is 11.7. The van der Waals surface area contributed by atoms with E-state index in [1.807, 2.05) is 20.8 Å². The van der Waals surface area contributed by atoms with Gasteiger partial charge in [-0.15, -0.1) is 0 Å². The molecular formula is C12H24N2OS. The maximum absolute atomic E-state index is 11.7. The summed E-state index contributed by atoms with van der Waals surface area (Å²) in [5.41, 5.74) is 5.18. The highest BCUT2D eigenvalue weighted by molar-refractivity contribution is 7.85. The minimum absolute atomic E-state index is 0.203. The van der Waals surface area contributed by atoms with Gasteiger partial charge in [-0.1, -0.05) is 13.3 Å². The Kier molecular flexibility index (Phi) is 7.61. The van der Waals surface area contributed by atoms with Crippen LogP contribution in [0.2, 0.25) is 0 Å². The maximum Gasteiger partial charge on any atom is 0.0683 e. The number of nitrogens with two attached hydrogens (primary N) is 1. The summed E-state index contributed by atoms with van der Waals surface area (Å²) in [6, 6.07) is 2.28. The van der Waals surface area contributed by atoms with Gasteiger partial charge in [0.25, 0.3) is 0 Å². The van der Waals surface area contributed by atoms with E-state index in [9.17, 15) is 4.21 Å². The topological polar surface area (TPSA) is 66.9 Å². The summed E-state index contributed by atoms with van der Waals surface area (Å²) >= 11 is 0. The lowest BCUT2D eigenvalue weighted by Gasteiger charge is -2.15. The Balaban J connectivity index is 3.68. The Morgan fingerprint density at radius 3 is 2.56 bits per heavy atom. The van der Waals surface area contributed by atoms with Gasteiger partial charge in [0.05, 0.1) is 11.5 Å². The van der Waals surface area contributed by atoms with E-state index in [1.54, 1.807) is 0 Å².